The molecule has 19 heavy (non-hydrogen) atoms. The van der Waals surface area contributed by atoms with Crippen LogP contribution in [0.4, 0.5) is 0 Å². The van der Waals surface area contributed by atoms with Gasteiger partial charge < -0.3 is 19.3 Å². The van der Waals surface area contributed by atoms with Crippen LogP contribution >= 0.6 is 0 Å². The van der Waals surface area contributed by atoms with Crippen LogP contribution in [0.25, 0.3) is 0 Å². The lowest BCUT2D eigenvalue weighted by Crippen LogP contribution is -2.09. The first-order chi connectivity index (χ1) is 9.17. The summed E-state index contributed by atoms with van der Waals surface area (Å²) in [4.78, 5) is 0. The first kappa shape index (κ1) is 15.8. The monoisotopic (exact) mass is 268 g/mol. The minimum absolute atomic E-state index is 0.00501. The highest BCUT2D eigenvalue weighted by Gasteiger charge is 2.05. The topological polar surface area (TPSA) is 47.9 Å². The number of methoxy groups -OCH3 is 1. The van der Waals surface area contributed by atoms with Gasteiger partial charge in [0.2, 0.25) is 0 Å². The summed E-state index contributed by atoms with van der Waals surface area (Å²) in [5, 5.41) is 9.05. The van der Waals surface area contributed by atoms with Gasteiger partial charge in [-0.2, -0.15) is 0 Å². The molecule has 0 aromatic heterocycles. The molecule has 0 aliphatic carbocycles. The average molecular weight is 268 g/mol. The molecule has 1 aromatic rings. The second-order valence-corrected chi connectivity index (χ2v) is 4.79. The Hall–Kier alpha value is -1.26. The standard InChI is InChI=1S/C15H24O4/c1-12(2)6-7-18-8-9-19-14-5-4-13(11-16)10-15(14)17-3/h4-5,10,12,16H,6-9,11H2,1-3H3. The van der Waals surface area contributed by atoms with E-state index >= 15 is 0 Å². The molecule has 1 rings (SSSR count). The molecule has 0 fully saturated rings. The fourth-order valence-corrected chi connectivity index (χ4v) is 1.56. The SMILES string of the molecule is COc1cc(CO)ccc1OCCOCCC(C)C. The van der Waals surface area contributed by atoms with Crippen molar-refractivity contribution in [2.24, 2.45) is 5.92 Å². The van der Waals surface area contributed by atoms with Gasteiger partial charge in [0.25, 0.3) is 0 Å². The van der Waals surface area contributed by atoms with Crippen LogP contribution in [0.15, 0.2) is 18.2 Å². The number of hydrogen-bond acceptors (Lipinski definition) is 4. The molecule has 4 nitrogen and oxygen atoms in total. The highest BCUT2D eigenvalue weighted by molar-refractivity contribution is 5.42. The van der Waals surface area contributed by atoms with Crippen molar-refractivity contribution in [3.63, 3.8) is 0 Å². The molecule has 0 saturated heterocycles. The van der Waals surface area contributed by atoms with Gasteiger partial charge in [0.15, 0.2) is 11.5 Å². The Bertz CT molecular complexity index is 363. The van der Waals surface area contributed by atoms with E-state index in [9.17, 15) is 0 Å². The fourth-order valence-electron chi connectivity index (χ4n) is 1.56. The second kappa shape index (κ2) is 8.77. The number of hydrogen-bond donors (Lipinski definition) is 1. The van der Waals surface area contributed by atoms with Crippen LogP contribution < -0.4 is 9.47 Å². The van der Waals surface area contributed by atoms with E-state index in [0.717, 1.165) is 18.6 Å². The zero-order chi connectivity index (χ0) is 14.1. The number of aliphatic hydroxyl groups is 1. The Morgan fingerprint density at radius 3 is 2.53 bits per heavy atom. The minimum Gasteiger partial charge on any atom is -0.493 e. The van der Waals surface area contributed by atoms with Gasteiger partial charge in [0.1, 0.15) is 6.61 Å². The quantitative estimate of drug-likeness (QED) is 0.699. The molecular weight excluding hydrogens is 244 g/mol. The van der Waals surface area contributed by atoms with E-state index in [0.29, 0.717) is 30.6 Å². The second-order valence-electron chi connectivity index (χ2n) is 4.79. The van der Waals surface area contributed by atoms with Gasteiger partial charge in [0.05, 0.1) is 20.3 Å². The zero-order valence-electron chi connectivity index (χ0n) is 12.0. The lowest BCUT2D eigenvalue weighted by Gasteiger charge is -2.12. The Labute approximate surface area is 115 Å². The fraction of sp³-hybridized carbons (Fsp3) is 0.600. The van der Waals surface area contributed by atoms with Crippen molar-refractivity contribution < 1.29 is 19.3 Å². The van der Waals surface area contributed by atoms with E-state index in [1.165, 1.54) is 0 Å². The lowest BCUT2D eigenvalue weighted by atomic mass is 10.1. The van der Waals surface area contributed by atoms with Gasteiger partial charge in [0, 0.05) is 6.61 Å². The van der Waals surface area contributed by atoms with Crippen molar-refractivity contribution in [3.05, 3.63) is 23.8 Å². The van der Waals surface area contributed by atoms with Crippen LogP contribution in [0.3, 0.4) is 0 Å². The molecule has 108 valence electrons. The van der Waals surface area contributed by atoms with Crippen LogP contribution in [0.2, 0.25) is 0 Å². The van der Waals surface area contributed by atoms with Crippen molar-refractivity contribution in [2.75, 3.05) is 26.9 Å². The van der Waals surface area contributed by atoms with Crippen LogP contribution in [0.5, 0.6) is 11.5 Å². The molecule has 0 unspecified atom stereocenters. The van der Waals surface area contributed by atoms with Crippen molar-refractivity contribution in [1.29, 1.82) is 0 Å². The summed E-state index contributed by atoms with van der Waals surface area (Å²) in [6.45, 7) is 6.17. The smallest absolute Gasteiger partial charge is 0.161 e. The molecule has 0 heterocycles. The first-order valence-electron chi connectivity index (χ1n) is 6.65. The summed E-state index contributed by atoms with van der Waals surface area (Å²) in [5.74, 6) is 1.97. The van der Waals surface area contributed by atoms with Crippen LogP contribution in [0, 0.1) is 5.92 Å². The van der Waals surface area contributed by atoms with Gasteiger partial charge in [-0.3, -0.25) is 0 Å². The van der Waals surface area contributed by atoms with Crippen molar-refractivity contribution in [1.82, 2.24) is 0 Å². The number of ether oxygens (including phenoxy) is 3. The molecular formula is C15H24O4. The molecule has 0 amide bonds. The van der Waals surface area contributed by atoms with Crippen molar-refractivity contribution in [3.8, 4) is 11.5 Å². The Balaban J connectivity index is 2.32. The lowest BCUT2D eigenvalue weighted by molar-refractivity contribution is 0.0916. The minimum atomic E-state index is -0.00501. The van der Waals surface area contributed by atoms with Gasteiger partial charge in [-0.25, -0.2) is 0 Å². The third-order valence-corrected chi connectivity index (χ3v) is 2.74. The van der Waals surface area contributed by atoms with Crippen LogP contribution in [-0.2, 0) is 11.3 Å². The van der Waals surface area contributed by atoms with E-state index in [1.54, 1.807) is 19.2 Å². The maximum absolute atomic E-state index is 9.05. The zero-order valence-corrected chi connectivity index (χ0v) is 12.0. The van der Waals surface area contributed by atoms with E-state index in [1.807, 2.05) is 6.07 Å². The van der Waals surface area contributed by atoms with Gasteiger partial charge in [-0.15, -0.1) is 0 Å². The van der Waals surface area contributed by atoms with Crippen LogP contribution in [-0.4, -0.2) is 32.0 Å². The molecule has 0 spiro atoms. The summed E-state index contributed by atoms with van der Waals surface area (Å²) < 4.78 is 16.3. The summed E-state index contributed by atoms with van der Waals surface area (Å²) in [6, 6.07) is 5.39. The van der Waals surface area contributed by atoms with Crippen molar-refractivity contribution in [2.45, 2.75) is 26.9 Å². The molecule has 0 bridgehead atoms. The highest BCUT2D eigenvalue weighted by atomic mass is 16.5. The number of benzene rings is 1. The molecule has 0 atom stereocenters. The maximum atomic E-state index is 9.05. The molecule has 0 saturated carbocycles. The number of rotatable bonds is 9. The van der Waals surface area contributed by atoms with E-state index in [2.05, 4.69) is 13.8 Å². The molecule has 0 radical (unpaired) electrons. The maximum Gasteiger partial charge on any atom is 0.161 e. The van der Waals surface area contributed by atoms with Gasteiger partial charge in [-0.1, -0.05) is 19.9 Å². The van der Waals surface area contributed by atoms with E-state index < -0.39 is 0 Å². The van der Waals surface area contributed by atoms with E-state index in [4.69, 9.17) is 19.3 Å². The van der Waals surface area contributed by atoms with Crippen LogP contribution in [0.1, 0.15) is 25.8 Å². The highest BCUT2D eigenvalue weighted by Crippen LogP contribution is 2.27. The average Bonchev–Trinajstić information content (AvgIpc) is 2.42. The summed E-state index contributed by atoms with van der Waals surface area (Å²) in [6.07, 6.45) is 1.06. The number of aliphatic hydroxyl groups excluding tert-OH is 1. The molecule has 1 N–H and O–H groups in total. The first-order valence-corrected chi connectivity index (χ1v) is 6.65. The molecule has 4 heteroatoms. The predicted octanol–water partition coefficient (Wildman–Crippen LogP) is 2.63. The van der Waals surface area contributed by atoms with Crippen molar-refractivity contribution >= 4 is 0 Å². The molecule has 0 aliphatic heterocycles. The summed E-state index contributed by atoms with van der Waals surface area (Å²) >= 11 is 0. The van der Waals surface area contributed by atoms with Gasteiger partial charge >= 0.3 is 0 Å². The van der Waals surface area contributed by atoms with Gasteiger partial charge in [-0.05, 0) is 30.0 Å². The largest absolute Gasteiger partial charge is 0.493 e. The molecule has 0 aliphatic rings. The third-order valence-electron chi connectivity index (χ3n) is 2.74. The Morgan fingerprint density at radius 2 is 1.89 bits per heavy atom. The Morgan fingerprint density at radius 1 is 1.11 bits per heavy atom. The normalized spacial score (nSPS) is 10.8. The third kappa shape index (κ3) is 5.94. The summed E-state index contributed by atoms with van der Waals surface area (Å²) in [7, 11) is 1.59. The van der Waals surface area contributed by atoms with E-state index in [-0.39, 0.29) is 6.61 Å². The Kier molecular flexibility index (Phi) is 7.30. The molecule has 1 aromatic carbocycles. The summed E-state index contributed by atoms with van der Waals surface area (Å²) in [5.41, 5.74) is 0.803. The predicted molar refractivity (Wildman–Crippen MR) is 74.7 cm³/mol.